The van der Waals surface area contributed by atoms with Crippen LogP contribution in [-0.2, 0) is 27.9 Å². The standard InChI is InChI=1S/C76H137N2O7P/c1-7-10-13-16-19-22-25-28-30-32-34-36-37-38-39-40-41-43-44-46-48-50-53-56-59-62-65-68-75(79)77-73(72-84-86(81,82)83-71-70-78(4,5)6)74(67-64-61-58-55-52-27-24-21-18-15-12-9-3)85-76(80)69-66-63-60-57-54-51-49-47-45-42-35-33-31-29-26-23-20-17-14-11-8-2/h11,14,20,23,28-31,35,42,47,49,54,57,64,67,73-74H,7-10,12-13,15-19,21-22,24-27,32-34,36-41,43-46,48,50-53,55-56,58-63,65-66,68-72H2,1-6H3,(H-,77,79,81,82)/p+1/b14-11-,23-20-,30-28+,31-29-,42-35-,49-47-,57-54-,67-64-. The minimum absolute atomic E-state index is 0.0302. The van der Waals surface area contributed by atoms with Gasteiger partial charge in [-0.3, -0.25) is 18.6 Å². The maximum atomic E-state index is 13.6. The van der Waals surface area contributed by atoms with Crippen LogP contribution in [0, 0.1) is 0 Å². The van der Waals surface area contributed by atoms with Crippen molar-refractivity contribution in [1.29, 1.82) is 0 Å². The van der Waals surface area contributed by atoms with Crippen LogP contribution >= 0.6 is 7.82 Å². The fourth-order valence-electron chi connectivity index (χ4n) is 10.2. The largest absolute Gasteiger partial charge is 0.472 e. The van der Waals surface area contributed by atoms with E-state index in [1.165, 1.54) is 193 Å². The third-order valence-electron chi connectivity index (χ3n) is 15.8. The van der Waals surface area contributed by atoms with Gasteiger partial charge in [-0.2, -0.15) is 0 Å². The predicted molar refractivity (Wildman–Crippen MR) is 374 cm³/mol. The number of carbonyl (C=O) groups excluding carboxylic acids is 2. The van der Waals surface area contributed by atoms with E-state index in [-0.39, 0.29) is 31.5 Å². The lowest BCUT2D eigenvalue weighted by molar-refractivity contribution is -0.870. The summed E-state index contributed by atoms with van der Waals surface area (Å²) in [6.45, 7) is 6.89. The predicted octanol–water partition coefficient (Wildman–Crippen LogP) is 23.1. The zero-order chi connectivity index (χ0) is 62.8. The topological polar surface area (TPSA) is 111 Å². The molecule has 0 aromatic carbocycles. The second-order valence-corrected chi connectivity index (χ2v) is 26.8. The van der Waals surface area contributed by atoms with E-state index in [0.717, 1.165) is 89.9 Å². The summed E-state index contributed by atoms with van der Waals surface area (Å²) in [6, 6.07) is -0.872. The van der Waals surface area contributed by atoms with Gasteiger partial charge in [-0.05, 0) is 109 Å². The molecule has 0 saturated carbocycles. The number of nitrogens with zero attached hydrogens (tertiary/aromatic N) is 1. The first kappa shape index (κ1) is 82.9. The Balaban J connectivity index is 5.08. The molecule has 0 aliphatic carbocycles. The fourth-order valence-corrected chi connectivity index (χ4v) is 11.0. The second kappa shape index (κ2) is 64.9. The van der Waals surface area contributed by atoms with Crippen molar-refractivity contribution < 1.29 is 37.3 Å². The molecule has 498 valence electrons. The number of phosphoric acid groups is 1. The van der Waals surface area contributed by atoms with Gasteiger partial charge >= 0.3 is 13.8 Å². The molecule has 3 atom stereocenters. The number of hydrogen-bond donors (Lipinski definition) is 2. The lowest BCUT2D eigenvalue weighted by atomic mass is 10.0. The van der Waals surface area contributed by atoms with Gasteiger partial charge in [0, 0.05) is 12.8 Å². The number of phosphoric ester groups is 1. The molecule has 2 N–H and O–H groups in total. The van der Waals surface area contributed by atoms with Gasteiger partial charge in [0.05, 0.1) is 33.8 Å². The highest BCUT2D eigenvalue weighted by Crippen LogP contribution is 2.43. The molecule has 0 aliphatic heterocycles. The van der Waals surface area contributed by atoms with Crippen LogP contribution in [0.4, 0.5) is 0 Å². The first-order valence-corrected chi connectivity index (χ1v) is 37.6. The molecule has 0 rings (SSSR count). The molecule has 0 heterocycles. The number of likely N-dealkylation sites (N-methyl/N-ethyl adjacent to an activating group) is 1. The Labute approximate surface area is 532 Å². The summed E-state index contributed by atoms with van der Waals surface area (Å²) < 4.78 is 30.8. The van der Waals surface area contributed by atoms with Gasteiger partial charge in [0.25, 0.3) is 0 Å². The highest BCUT2D eigenvalue weighted by molar-refractivity contribution is 7.47. The molecule has 0 spiro atoms. The SMILES string of the molecule is CC/C=C\C/C=C\C/C=C\C/C=C\C/C=C\C/C=C\CCCCC(=O)OC(/C=C\CCCCCCCCCCCC)C(COP(=O)(O)OCC[N+](C)(C)C)NC(=O)CCCCCCCCCCCCCCCCCCC/C=C/CCCCCCCC. The first-order valence-electron chi connectivity index (χ1n) is 36.1. The molecular weight excluding hydrogens is 1080 g/mol. The Morgan fingerprint density at radius 1 is 0.419 bits per heavy atom. The van der Waals surface area contributed by atoms with Crippen LogP contribution in [0.25, 0.3) is 0 Å². The maximum Gasteiger partial charge on any atom is 0.472 e. The Hall–Kier alpha value is -3.07. The van der Waals surface area contributed by atoms with Crippen LogP contribution in [0.1, 0.15) is 323 Å². The Morgan fingerprint density at radius 3 is 1.14 bits per heavy atom. The van der Waals surface area contributed by atoms with Crippen LogP contribution in [-0.4, -0.2) is 74.3 Å². The lowest BCUT2D eigenvalue weighted by Gasteiger charge is -2.27. The summed E-state index contributed by atoms with van der Waals surface area (Å²) in [6.07, 6.45) is 88.6. The van der Waals surface area contributed by atoms with Crippen LogP contribution in [0.5, 0.6) is 0 Å². The van der Waals surface area contributed by atoms with E-state index in [4.69, 9.17) is 13.8 Å². The monoisotopic (exact) mass is 1220 g/mol. The normalized spacial score (nSPS) is 14.1. The van der Waals surface area contributed by atoms with Crippen molar-refractivity contribution >= 4 is 19.7 Å². The Kier molecular flexibility index (Phi) is 62.6. The summed E-state index contributed by atoms with van der Waals surface area (Å²) in [5.74, 6) is -0.550. The van der Waals surface area contributed by atoms with Gasteiger partial charge in [-0.1, -0.05) is 298 Å². The van der Waals surface area contributed by atoms with Crippen molar-refractivity contribution in [3.05, 3.63) is 97.2 Å². The molecule has 0 saturated heterocycles. The van der Waals surface area contributed by atoms with Crippen LogP contribution < -0.4 is 5.32 Å². The minimum atomic E-state index is -4.47. The minimum Gasteiger partial charge on any atom is -0.456 e. The number of nitrogens with one attached hydrogen (secondary N) is 1. The number of amides is 1. The Morgan fingerprint density at radius 2 is 0.744 bits per heavy atom. The molecule has 0 fully saturated rings. The van der Waals surface area contributed by atoms with E-state index in [9.17, 15) is 19.0 Å². The number of quaternary nitrogens is 1. The van der Waals surface area contributed by atoms with Crippen LogP contribution in [0.15, 0.2) is 97.2 Å². The third kappa shape index (κ3) is 65.4. The number of allylic oxidation sites excluding steroid dienone is 15. The highest BCUT2D eigenvalue weighted by atomic mass is 31.2. The molecule has 9 nitrogen and oxygen atoms in total. The number of ether oxygens (including phenoxy) is 1. The average Bonchev–Trinajstić information content (AvgIpc) is 3.69. The smallest absolute Gasteiger partial charge is 0.456 e. The maximum absolute atomic E-state index is 13.6. The van der Waals surface area contributed by atoms with Gasteiger partial charge < -0.3 is 19.4 Å². The van der Waals surface area contributed by atoms with Crippen molar-refractivity contribution in [3.8, 4) is 0 Å². The molecule has 0 aromatic rings. The Bertz CT molecular complexity index is 1790. The summed E-state index contributed by atoms with van der Waals surface area (Å²) in [4.78, 5) is 37.9. The van der Waals surface area contributed by atoms with Crippen LogP contribution in [0.3, 0.4) is 0 Å². The fraction of sp³-hybridized carbons (Fsp3) is 0.763. The van der Waals surface area contributed by atoms with Crippen molar-refractivity contribution in [1.82, 2.24) is 5.32 Å². The third-order valence-corrected chi connectivity index (χ3v) is 16.7. The second-order valence-electron chi connectivity index (χ2n) is 25.4. The summed E-state index contributed by atoms with van der Waals surface area (Å²) in [5, 5.41) is 3.06. The lowest BCUT2D eigenvalue weighted by Crippen LogP contribution is -2.47. The molecule has 10 heteroatoms. The molecule has 0 aromatic heterocycles. The quantitative estimate of drug-likeness (QED) is 0.0205. The summed E-state index contributed by atoms with van der Waals surface area (Å²) in [5.41, 5.74) is 0. The zero-order valence-corrected chi connectivity index (χ0v) is 57.9. The molecule has 0 bridgehead atoms. The highest BCUT2D eigenvalue weighted by Gasteiger charge is 2.30. The number of hydrogen-bond acceptors (Lipinski definition) is 6. The first-order chi connectivity index (χ1) is 41.9. The van der Waals surface area contributed by atoms with Gasteiger partial charge in [0.1, 0.15) is 19.3 Å². The summed E-state index contributed by atoms with van der Waals surface area (Å²) >= 11 is 0. The number of rotatable bonds is 65. The van der Waals surface area contributed by atoms with Crippen molar-refractivity contribution in [2.75, 3.05) is 40.9 Å². The number of carbonyl (C=O) groups is 2. The number of unbranched alkanes of at least 4 members (excludes halogenated alkanes) is 35. The van der Waals surface area contributed by atoms with E-state index in [2.05, 4.69) is 111 Å². The van der Waals surface area contributed by atoms with Gasteiger partial charge in [0.15, 0.2) is 0 Å². The number of esters is 1. The van der Waals surface area contributed by atoms with Gasteiger partial charge in [0.2, 0.25) is 5.91 Å². The summed E-state index contributed by atoms with van der Waals surface area (Å²) in [7, 11) is 1.47. The average molecular weight is 1220 g/mol. The van der Waals surface area contributed by atoms with Crippen molar-refractivity contribution in [2.24, 2.45) is 0 Å². The zero-order valence-electron chi connectivity index (χ0n) is 57.0. The van der Waals surface area contributed by atoms with E-state index in [1.54, 1.807) is 0 Å². The molecule has 0 radical (unpaired) electrons. The van der Waals surface area contributed by atoms with Gasteiger partial charge in [-0.15, -0.1) is 0 Å². The van der Waals surface area contributed by atoms with E-state index >= 15 is 0 Å². The van der Waals surface area contributed by atoms with Crippen LogP contribution in [0.2, 0.25) is 0 Å². The van der Waals surface area contributed by atoms with E-state index in [1.807, 2.05) is 33.3 Å². The van der Waals surface area contributed by atoms with E-state index in [0.29, 0.717) is 23.9 Å². The molecule has 3 unspecified atom stereocenters. The van der Waals surface area contributed by atoms with Gasteiger partial charge in [-0.25, -0.2) is 4.57 Å². The molecule has 0 aliphatic rings. The van der Waals surface area contributed by atoms with Crippen molar-refractivity contribution in [3.63, 3.8) is 0 Å². The van der Waals surface area contributed by atoms with E-state index < -0.39 is 20.0 Å². The molecular formula is C76H138N2O7P+. The molecule has 86 heavy (non-hydrogen) atoms. The molecule has 1 amide bonds. The van der Waals surface area contributed by atoms with Crippen molar-refractivity contribution in [2.45, 2.75) is 335 Å².